The molecule has 0 aromatic heterocycles. The first-order valence-electron chi connectivity index (χ1n) is 2.27. The number of amides is 2. The predicted molar refractivity (Wildman–Crippen MR) is 35.5 cm³/mol. The normalized spacial score (nSPS) is 16.2. The SMILES string of the molecule is NC(=O)NN1CSC=N1. The smallest absolute Gasteiger partial charge is 0.332 e. The first-order chi connectivity index (χ1) is 4.29. The Bertz CT molecular complexity index is 147. The maximum atomic E-state index is 10.1. The molecule has 1 heterocycles. The average Bonchev–Trinajstić information content (AvgIpc) is 2.15. The van der Waals surface area contributed by atoms with E-state index >= 15 is 0 Å². The largest absolute Gasteiger partial charge is 0.350 e. The Morgan fingerprint density at radius 1 is 2.00 bits per heavy atom. The quantitative estimate of drug-likeness (QED) is 0.525. The second-order valence-corrected chi connectivity index (χ2v) is 2.19. The van der Waals surface area contributed by atoms with Gasteiger partial charge in [0.05, 0.1) is 5.55 Å². The third-order valence-corrected chi connectivity index (χ3v) is 1.33. The van der Waals surface area contributed by atoms with Crippen LogP contribution in [-0.4, -0.2) is 22.6 Å². The van der Waals surface area contributed by atoms with Gasteiger partial charge in [0.2, 0.25) is 0 Å². The molecular formula is C3H6N4OS. The van der Waals surface area contributed by atoms with E-state index in [1.807, 2.05) is 0 Å². The summed E-state index contributed by atoms with van der Waals surface area (Å²) in [5.74, 6) is 0.628. The van der Waals surface area contributed by atoms with Crippen molar-refractivity contribution in [1.82, 2.24) is 10.5 Å². The minimum atomic E-state index is -0.588. The molecule has 1 aliphatic heterocycles. The van der Waals surface area contributed by atoms with E-state index in [1.54, 1.807) is 5.55 Å². The van der Waals surface area contributed by atoms with E-state index in [0.717, 1.165) is 0 Å². The van der Waals surface area contributed by atoms with Crippen LogP contribution in [0.4, 0.5) is 4.79 Å². The number of hydrogen-bond acceptors (Lipinski definition) is 4. The first kappa shape index (κ1) is 6.21. The Morgan fingerprint density at radius 3 is 3.22 bits per heavy atom. The third-order valence-electron chi connectivity index (χ3n) is 0.697. The number of hydrazine groups is 1. The van der Waals surface area contributed by atoms with Gasteiger partial charge in [0, 0.05) is 0 Å². The van der Waals surface area contributed by atoms with Gasteiger partial charge in [-0.25, -0.2) is 10.2 Å². The standard InChI is InChI=1S/C3H6N4OS/c4-3(8)6-7-2-9-1-5-7/h1H,2H2,(H3,4,6,8). The van der Waals surface area contributed by atoms with Gasteiger partial charge in [-0.1, -0.05) is 11.8 Å². The number of nitrogens with zero attached hydrogens (tertiary/aromatic N) is 2. The fourth-order valence-electron chi connectivity index (χ4n) is 0.416. The summed E-state index contributed by atoms with van der Waals surface area (Å²) in [4.78, 5) is 10.1. The highest BCUT2D eigenvalue weighted by Crippen LogP contribution is 2.05. The van der Waals surface area contributed by atoms with Crippen molar-refractivity contribution in [2.45, 2.75) is 0 Å². The van der Waals surface area contributed by atoms with Crippen LogP contribution in [0.25, 0.3) is 0 Å². The van der Waals surface area contributed by atoms with Gasteiger partial charge >= 0.3 is 6.03 Å². The zero-order valence-electron chi connectivity index (χ0n) is 4.57. The summed E-state index contributed by atoms with van der Waals surface area (Å²) in [5, 5.41) is 5.10. The Morgan fingerprint density at radius 2 is 2.78 bits per heavy atom. The van der Waals surface area contributed by atoms with Gasteiger partial charge in [-0.2, -0.15) is 10.2 Å². The van der Waals surface area contributed by atoms with Gasteiger partial charge in [0.25, 0.3) is 0 Å². The lowest BCUT2D eigenvalue weighted by molar-refractivity contribution is 0.208. The fourth-order valence-corrected chi connectivity index (χ4v) is 0.935. The molecule has 0 fully saturated rings. The molecule has 0 saturated carbocycles. The molecule has 1 rings (SSSR count). The van der Waals surface area contributed by atoms with Crippen molar-refractivity contribution in [1.29, 1.82) is 0 Å². The maximum absolute atomic E-state index is 10.1. The summed E-state index contributed by atoms with van der Waals surface area (Å²) in [6.45, 7) is 0. The number of rotatable bonds is 1. The average molecular weight is 146 g/mol. The highest BCUT2D eigenvalue weighted by Gasteiger charge is 2.05. The number of urea groups is 1. The molecular weight excluding hydrogens is 140 g/mol. The molecule has 1 aliphatic rings. The zero-order valence-corrected chi connectivity index (χ0v) is 5.39. The molecule has 6 heteroatoms. The Kier molecular flexibility index (Phi) is 1.78. The molecule has 0 aromatic rings. The molecule has 0 aromatic carbocycles. The van der Waals surface area contributed by atoms with E-state index < -0.39 is 6.03 Å². The molecule has 5 nitrogen and oxygen atoms in total. The highest BCUT2D eigenvalue weighted by molar-refractivity contribution is 8.12. The molecule has 0 spiro atoms. The second kappa shape index (κ2) is 2.58. The maximum Gasteiger partial charge on any atom is 0.332 e. The number of hydrogen-bond donors (Lipinski definition) is 2. The molecule has 0 atom stereocenters. The fraction of sp³-hybridized carbons (Fsp3) is 0.333. The van der Waals surface area contributed by atoms with Crippen LogP contribution in [0.5, 0.6) is 0 Å². The molecule has 0 aliphatic carbocycles. The van der Waals surface area contributed by atoms with E-state index in [9.17, 15) is 4.79 Å². The van der Waals surface area contributed by atoms with Crippen molar-refractivity contribution in [3.8, 4) is 0 Å². The molecule has 0 radical (unpaired) electrons. The molecule has 2 amide bonds. The van der Waals surface area contributed by atoms with Gasteiger partial charge in [-0.15, -0.1) is 0 Å². The van der Waals surface area contributed by atoms with Crippen LogP contribution in [0, 0.1) is 0 Å². The minimum Gasteiger partial charge on any atom is -0.350 e. The summed E-state index contributed by atoms with van der Waals surface area (Å²) in [5.41, 5.74) is 8.73. The van der Waals surface area contributed by atoms with E-state index in [1.165, 1.54) is 16.9 Å². The summed E-state index contributed by atoms with van der Waals surface area (Å²) >= 11 is 1.49. The highest BCUT2D eigenvalue weighted by atomic mass is 32.2. The summed E-state index contributed by atoms with van der Waals surface area (Å²) < 4.78 is 0. The predicted octanol–water partition coefficient (Wildman–Crippen LogP) is -0.481. The van der Waals surface area contributed by atoms with Crippen LogP contribution in [0.2, 0.25) is 0 Å². The molecule has 0 unspecified atom stereocenters. The van der Waals surface area contributed by atoms with Crippen LogP contribution in [-0.2, 0) is 0 Å². The summed E-state index contributed by atoms with van der Waals surface area (Å²) in [6.07, 6.45) is 0. The van der Waals surface area contributed by atoms with Gasteiger partial charge < -0.3 is 5.73 Å². The van der Waals surface area contributed by atoms with Crippen molar-refractivity contribution in [2.24, 2.45) is 10.8 Å². The van der Waals surface area contributed by atoms with E-state index in [0.29, 0.717) is 5.88 Å². The lowest BCUT2D eigenvalue weighted by atomic mass is 11.1. The van der Waals surface area contributed by atoms with E-state index in [-0.39, 0.29) is 0 Å². The van der Waals surface area contributed by atoms with Gasteiger partial charge in [-0.3, -0.25) is 0 Å². The number of carbonyl (C=O) groups is 1. The van der Waals surface area contributed by atoms with E-state index in [2.05, 4.69) is 10.5 Å². The van der Waals surface area contributed by atoms with E-state index in [4.69, 9.17) is 5.73 Å². The van der Waals surface area contributed by atoms with Crippen molar-refractivity contribution >= 4 is 23.3 Å². The number of nitrogens with two attached hydrogens (primary N) is 1. The van der Waals surface area contributed by atoms with Crippen molar-refractivity contribution in [3.05, 3.63) is 0 Å². The Hall–Kier alpha value is -0.910. The lowest BCUT2D eigenvalue weighted by Crippen LogP contribution is -2.40. The number of nitrogens with one attached hydrogen (secondary N) is 1. The van der Waals surface area contributed by atoms with Gasteiger partial charge in [-0.05, 0) is 0 Å². The van der Waals surface area contributed by atoms with Crippen LogP contribution in [0.3, 0.4) is 0 Å². The summed E-state index contributed by atoms with van der Waals surface area (Å²) in [7, 11) is 0. The van der Waals surface area contributed by atoms with Crippen LogP contribution < -0.4 is 11.2 Å². The monoisotopic (exact) mass is 146 g/mol. The first-order valence-corrected chi connectivity index (χ1v) is 3.31. The van der Waals surface area contributed by atoms with Crippen LogP contribution in [0.15, 0.2) is 5.10 Å². The summed E-state index contributed by atoms with van der Waals surface area (Å²) in [6, 6.07) is -0.588. The lowest BCUT2D eigenvalue weighted by Gasteiger charge is -2.10. The van der Waals surface area contributed by atoms with Crippen molar-refractivity contribution < 1.29 is 4.79 Å². The molecule has 0 saturated heterocycles. The van der Waals surface area contributed by atoms with Gasteiger partial charge in [0.15, 0.2) is 0 Å². The number of hydrazone groups is 1. The Labute approximate surface area is 56.2 Å². The Balaban J connectivity index is 2.28. The zero-order chi connectivity index (χ0) is 6.69. The van der Waals surface area contributed by atoms with Gasteiger partial charge in [0.1, 0.15) is 5.88 Å². The topological polar surface area (TPSA) is 70.7 Å². The minimum absolute atomic E-state index is 0.588. The van der Waals surface area contributed by atoms with Crippen LogP contribution in [0.1, 0.15) is 0 Å². The molecule has 9 heavy (non-hydrogen) atoms. The second-order valence-electron chi connectivity index (χ2n) is 1.39. The molecule has 50 valence electrons. The van der Waals surface area contributed by atoms with Crippen molar-refractivity contribution in [2.75, 3.05) is 5.88 Å². The van der Waals surface area contributed by atoms with Crippen LogP contribution >= 0.6 is 11.8 Å². The number of primary amides is 1. The molecule has 3 N–H and O–H groups in total. The number of thioether (sulfide) groups is 1. The number of carbonyl (C=O) groups excluding carboxylic acids is 1. The van der Waals surface area contributed by atoms with Crippen molar-refractivity contribution in [3.63, 3.8) is 0 Å². The third kappa shape index (κ3) is 1.80. The molecule has 0 bridgehead atoms.